The summed E-state index contributed by atoms with van der Waals surface area (Å²) in [6.45, 7) is 18.9. The van der Waals surface area contributed by atoms with Crippen LogP contribution in [0.3, 0.4) is 0 Å². The molecule has 0 aromatic rings. The molecule has 0 aliphatic heterocycles. The highest BCUT2D eigenvalue weighted by atomic mass is 32.1. The van der Waals surface area contributed by atoms with Crippen LogP contribution in [0.25, 0.3) is 0 Å². The molecule has 126 valence electrons. The maximum Gasteiger partial charge on any atom is -0.0131 e. The highest BCUT2D eigenvalue weighted by Crippen LogP contribution is 2.46. The highest BCUT2D eigenvalue weighted by Gasteiger charge is 2.33. The van der Waals surface area contributed by atoms with E-state index in [0.717, 1.165) is 11.8 Å². The quantitative estimate of drug-likeness (QED) is 0.396. The lowest BCUT2D eigenvalue weighted by molar-refractivity contribution is 0.266. The lowest BCUT2D eigenvalue weighted by Gasteiger charge is -2.39. The van der Waals surface area contributed by atoms with Gasteiger partial charge in [-0.3, -0.25) is 0 Å². The first-order valence-corrected chi connectivity index (χ1v) is 9.40. The van der Waals surface area contributed by atoms with Crippen LogP contribution >= 0.6 is 12.6 Å². The van der Waals surface area contributed by atoms with E-state index < -0.39 is 0 Å². The van der Waals surface area contributed by atoms with E-state index in [1.807, 2.05) is 0 Å². The van der Waals surface area contributed by atoms with Gasteiger partial charge in [-0.25, -0.2) is 0 Å². The minimum atomic E-state index is 0.262. The maximum atomic E-state index is 4.57. The first-order chi connectivity index (χ1) is 9.53. The molecule has 0 bridgehead atoms. The van der Waals surface area contributed by atoms with Crippen LogP contribution in [0.4, 0.5) is 0 Å². The Bertz CT molecular complexity index is 280. The predicted molar refractivity (Wildman–Crippen MR) is 102 cm³/mol. The smallest absolute Gasteiger partial charge is 0.0131 e. The predicted octanol–water partition coefficient (Wildman–Crippen LogP) is 7.51. The third-order valence-electron chi connectivity index (χ3n) is 4.75. The second kappa shape index (κ2) is 9.28. The van der Waals surface area contributed by atoms with Gasteiger partial charge in [0.2, 0.25) is 0 Å². The largest absolute Gasteiger partial charge is 0.151 e. The van der Waals surface area contributed by atoms with Gasteiger partial charge in [-0.2, -0.15) is 12.6 Å². The van der Waals surface area contributed by atoms with E-state index in [4.69, 9.17) is 0 Å². The lowest BCUT2D eigenvalue weighted by atomic mass is 9.66. The summed E-state index contributed by atoms with van der Waals surface area (Å²) in [7, 11) is 0. The molecule has 0 atom stereocenters. The summed E-state index contributed by atoms with van der Waals surface area (Å²) < 4.78 is 0. The van der Waals surface area contributed by atoms with Gasteiger partial charge in [-0.05, 0) is 40.9 Å². The van der Waals surface area contributed by atoms with Crippen molar-refractivity contribution in [1.29, 1.82) is 0 Å². The zero-order chi connectivity index (χ0) is 16.7. The average molecular weight is 313 g/mol. The van der Waals surface area contributed by atoms with Gasteiger partial charge in [0, 0.05) is 0 Å². The minimum Gasteiger partial charge on any atom is -0.151 e. The van der Waals surface area contributed by atoms with Gasteiger partial charge in [-0.15, -0.1) is 0 Å². The van der Waals surface area contributed by atoms with Gasteiger partial charge in [0.15, 0.2) is 0 Å². The van der Waals surface area contributed by atoms with Gasteiger partial charge in [0.25, 0.3) is 0 Å². The normalized spacial score (nSPS) is 13.1. The molecule has 0 amide bonds. The summed E-state index contributed by atoms with van der Waals surface area (Å²) in [5.41, 5.74) is 2.06. The zero-order valence-corrected chi connectivity index (χ0v) is 16.8. The molecule has 21 heavy (non-hydrogen) atoms. The number of allylic oxidation sites excluding steroid dienone is 1. The Balaban J connectivity index is 4.70. The summed E-state index contributed by atoms with van der Waals surface area (Å²) in [6, 6.07) is 0. The van der Waals surface area contributed by atoms with Crippen LogP contribution in [0, 0.1) is 22.7 Å². The summed E-state index contributed by atoms with van der Waals surface area (Å²) in [6.07, 6.45) is 7.83. The number of rotatable bonds is 10. The summed E-state index contributed by atoms with van der Waals surface area (Å²) >= 11 is 4.57. The second-order valence-corrected chi connectivity index (χ2v) is 9.14. The molecule has 0 aromatic heterocycles. The third-order valence-corrected chi connectivity index (χ3v) is 5.01. The molecule has 0 unspecified atom stereocenters. The van der Waals surface area contributed by atoms with E-state index in [9.17, 15) is 0 Å². The van der Waals surface area contributed by atoms with E-state index >= 15 is 0 Å². The molecule has 0 spiro atoms. The molecule has 0 radical (unpaired) electrons. The maximum absolute atomic E-state index is 4.57. The highest BCUT2D eigenvalue weighted by molar-refractivity contribution is 7.83. The van der Waals surface area contributed by atoms with Crippen molar-refractivity contribution in [3.05, 3.63) is 11.0 Å². The van der Waals surface area contributed by atoms with E-state index in [0.29, 0.717) is 0 Å². The Kier molecular flexibility index (Phi) is 9.32. The molecule has 0 aliphatic carbocycles. The van der Waals surface area contributed by atoms with Crippen LogP contribution in [-0.2, 0) is 0 Å². The molecule has 0 heterocycles. The molecular formula is C20H40S. The molecular weight excluding hydrogens is 272 g/mol. The number of hydrogen-bond acceptors (Lipinski definition) is 1. The topological polar surface area (TPSA) is 0 Å². The van der Waals surface area contributed by atoms with Gasteiger partial charge >= 0.3 is 0 Å². The first kappa shape index (κ1) is 21.1. The molecule has 0 nitrogen and oxygen atoms in total. The first-order valence-electron chi connectivity index (χ1n) is 8.88. The van der Waals surface area contributed by atoms with E-state index in [1.165, 1.54) is 44.1 Å². The molecule has 0 aromatic carbocycles. The number of thiol groups is 1. The van der Waals surface area contributed by atoms with Crippen molar-refractivity contribution in [3.8, 4) is 0 Å². The van der Waals surface area contributed by atoms with Crippen LogP contribution in [0.1, 0.15) is 93.9 Å². The fourth-order valence-corrected chi connectivity index (χ4v) is 4.14. The van der Waals surface area contributed by atoms with Crippen LogP contribution < -0.4 is 0 Å². The van der Waals surface area contributed by atoms with Crippen molar-refractivity contribution in [2.24, 2.45) is 22.7 Å². The summed E-state index contributed by atoms with van der Waals surface area (Å²) in [5, 5.41) is 2.10. The van der Waals surface area contributed by atoms with E-state index in [2.05, 4.69) is 73.4 Å². The fraction of sp³-hybridized carbons (Fsp3) is 0.900. The van der Waals surface area contributed by atoms with Crippen molar-refractivity contribution in [1.82, 2.24) is 0 Å². The van der Waals surface area contributed by atoms with Gasteiger partial charge < -0.3 is 0 Å². The monoisotopic (exact) mass is 312 g/mol. The fourth-order valence-electron chi connectivity index (χ4n) is 3.44. The molecule has 0 saturated heterocycles. The van der Waals surface area contributed by atoms with Crippen LogP contribution in [0.15, 0.2) is 11.0 Å². The number of hydrogen-bond donors (Lipinski definition) is 1. The molecule has 0 N–H and O–H groups in total. The summed E-state index contributed by atoms with van der Waals surface area (Å²) in [5.74, 6) is 1.62. The van der Waals surface area contributed by atoms with E-state index in [1.54, 1.807) is 0 Å². The Morgan fingerprint density at radius 1 is 0.810 bits per heavy atom. The molecule has 0 fully saturated rings. The van der Waals surface area contributed by atoms with Crippen molar-refractivity contribution in [3.63, 3.8) is 0 Å². The molecule has 1 heteroatoms. The Morgan fingerprint density at radius 3 is 1.38 bits per heavy atom. The minimum absolute atomic E-state index is 0.262. The van der Waals surface area contributed by atoms with Crippen molar-refractivity contribution < 1.29 is 0 Å². The van der Waals surface area contributed by atoms with Crippen LogP contribution in [-0.4, -0.2) is 0 Å². The zero-order valence-electron chi connectivity index (χ0n) is 15.9. The van der Waals surface area contributed by atoms with Gasteiger partial charge in [0.1, 0.15) is 0 Å². The SMILES string of the molecule is CC(C)CCCC(C)(C)C(=CS)C(C)(C)CCCC(C)C. The lowest BCUT2D eigenvalue weighted by Crippen LogP contribution is -2.27. The second-order valence-electron chi connectivity index (χ2n) is 8.88. The Hall–Kier alpha value is 0.0900. The Labute approximate surface area is 140 Å². The molecule has 0 rings (SSSR count). The van der Waals surface area contributed by atoms with Gasteiger partial charge in [-0.1, -0.05) is 86.6 Å². The van der Waals surface area contributed by atoms with Crippen molar-refractivity contribution in [2.45, 2.75) is 93.9 Å². The average Bonchev–Trinajstić information content (AvgIpc) is 2.26. The van der Waals surface area contributed by atoms with Crippen LogP contribution in [0.2, 0.25) is 0 Å². The molecule has 0 aliphatic rings. The van der Waals surface area contributed by atoms with Crippen LogP contribution in [0.5, 0.6) is 0 Å². The Morgan fingerprint density at radius 2 is 1.14 bits per heavy atom. The summed E-state index contributed by atoms with van der Waals surface area (Å²) in [4.78, 5) is 0. The van der Waals surface area contributed by atoms with Gasteiger partial charge in [0.05, 0.1) is 0 Å². The third kappa shape index (κ3) is 8.33. The van der Waals surface area contributed by atoms with E-state index in [-0.39, 0.29) is 10.8 Å². The molecule has 0 saturated carbocycles. The standard InChI is InChI=1S/C20H40S/c1-16(2)11-9-13-19(5,6)18(15-21)20(7,8)14-10-12-17(3)4/h15-17,21H,9-14H2,1-8H3. The van der Waals surface area contributed by atoms with Crippen molar-refractivity contribution in [2.75, 3.05) is 0 Å². The van der Waals surface area contributed by atoms with Crippen molar-refractivity contribution >= 4 is 12.6 Å².